The second-order valence-corrected chi connectivity index (χ2v) is 12.2. The van der Waals surface area contributed by atoms with Gasteiger partial charge in [0.15, 0.2) is 9.84 Å². The van der Waals surface area contributed by atoms with Gasteiger partial charge in [-0.15, -0.1) is 0 Å². The van der Waals surface area contributed by atoms with E-state index >= 15 is 0 Å². The number of carbonyl (C=O) groups is 3. The lowest BCUT2D eigenvalue weighted by molar-refractivity contribution is -0.139. The van der Waals surface area contributed by atoms with Crippen molar-refractivity contribution in [3.63, 3.8) is 0 Å². The van der Waals surface area contributed by atoms with Gasteiger partial charge in [-0.2, -0.15) is 0 Å². The number of benzene rings is 1. The molecule has 11 heteroatoms. The second-order valence-electron chi connectivity index (χ2n) is 9.98. The van der Waals surface area contributed by atoms with E-state index in [1.54, 1.807) is 4.90 Å². The molecule has 1 saturated heterocycles. The smallest absolute Gasteiger partial charge is 0.265 e. The minimum absolute atomic E-state index is 0.00109. The molecular weight excluding hydrogens is 534 g/mol. The number of nitrogens with one attached hydrogen (secondary N) is 1. The highest BCUT2D eigenvalue weighted by atomic mass is 32.2. The summed E-state index contributed by atoms with van der Waals surface area (Å²) in [5, 5.41) is 2.78. The summed E-state index contributed by atoms with van der Waals surface area (Å²) in [6.45, 7) is 9.29. The first-order valence-electron chi connectivity index (χ1n) is 14.0. The van der Waals surface area contributed by atoms with Gasteiger partial charge in [0.25, 0.3) is 5.89 Å². The molecule has 10 nitrogen and oxygen atoms in total. The number of hydrogen-bond acceptors (Lipinski definition) is 8. The van der Waals surface area contributed by atoms with E-state index in [2.05, 4.69) is 10.3 Å². The maximum atomic E-state index is 13.5. The Kier molecular flexibility index (Phi) is 14.0. The summed E-state index contributed by atoms with van der Waals surface area (Å²) in [4.78, 5) is 45.2. The van der Waals surface area contributed by atoms with E-state index in [9.17, 15) is 22.8 Å². The van der Waals surface area contributed by atoms with Crippen molar-refractivity contribution < 1.29 is 32.0 Å². The number of aryl methyl sites for hydroxylation is 1. The lowest BCUT2D eigenvalue weighted by Gasteiger charge is -2.29. The number of morpholine rings is 1. The average molecular weight is 578 g/mol. The Hall–Kier alpha value is -3.05. The quantitative estimate of drug-likeness (QED) is 0.338. The molecule has 0 spiro atoms. The van der Waals surface area contributed by atoms with Gasteiger partial charge in [-0.05, 0) is 30.7 Å². The molecule has 0 saturated carbocycles. The SMILES string of the molecule is CC.CC(C)CS(=O)(=O)CCC(CC(=O)N1CCOCC1)C(=O)N[C@@H](CCc1ccccc1)C(=O)c1ncco1. The third-order valence-electron chi connectivity index (χ3n) is 6.36. The zero-order valence-corrected chi connectivity index (χ0v) is 24.8. The molecule has 1 aromatic carbocycles. The largest absolute Gasteiger partial charge is 0.442 e. The van der Waals surface area contributed by atoms with Crippen LogP contribution >= 0.6 is 0 Å². The summed E-state index contributed by atoms with van der Waals surface area (Å²) in [5.74, 6) is -2.57. The fourth-order valence-corrected chi connectivity index (χ4v) is 6.23. The van der Waals surface area contributed by atoms with E-state index in [4.69, 9.17) is 9.15 Å². The lowest BCUT2D eigenvalue weighted by Crippen LogP contribution is -2.47. The predicted molar refractivity (Wildman–Crippen MR) is 152 cm³/mol. The highest BCUT2D eigenvalue weighted by molar-refractivity contribution is 7.91. The Labute approximate surface area is 237 Å². The zero-order chi connectivity index (χ0) is 29.5. The fourth-order valence-electron chi connectivity index (χ4n) is 4.40. The molecule has 1 aliphatic heterocycles. The number of aromatic nitrogens is 1. The Morgan fingerprint density at radius 2 is 1.73 bits per heavy atom. The number of carbonyl (C=O) groups excluding carboxylic acids is 3. The van der Waals surface area contributed by atoms with Crippen LogP contribution in [0.1, 0.15) is 63.2 Å². The normalized spacial score (nSPS) is 15.1. The minimum Gasteiger partial charge on any atom is -0.442 e. The molecule has 222 valence electrons. The first-order chi connectivity index (χ1) is 19.1. The summed E-state index contributed by atoms with van der Waals surface area (Å²) in [6, 6.07) is 8.59. The molecular formula is C29H43N3O7S. The fraction of sp³-hybridized carbons (Fsp3) is 0.586. The van der Waals surface area contributed by atoms with Gasteiger partial charge in [0.2, 0.25) is 17.6 Å². The third-order valence-corrected chi connectivity index (χ3v) is 8.39. The van der Waals surface area contributed by atoms with Crippen molar-refractivity contribution in [2.24, 2.45) is 11.8 Å². The van der Waals surface area contributed by atoms with Crippen LogP contribution in [-0.4, -0.2) is 79.8 Å². The average Bonchev–Trinajstić information content (AvgIpc) is 3.49. The molecule has 1 aromatic heterocycles. The van der Waals surface area contributed by atoms with Crippen molar-refractivity contribution in [1.29, 1.82) is 0 Å². The van der Waals surface area contributed by atoms with Gasteiger partial charge in [-0.3, -0.25) is 14.4 Å². The van der Waals surface area contributed by atoms with Crippen LogP contribution in [0.25, 0.3) is 0 Å². The molecule has 2 atom stereocenters. The van der Waals surface area contributed by atoms with Crippen molar-refractivity contribution >= 4 is 27.4 Å². The second kappa shape index (κ2) is 16.9. The van der Waals surface area contributed by atoms with Crippen LogP contribution in [0.4, 0.5) is 0 Å². The van der Waals surface area contributed by atoms with Crippen molar-refractivity contribution in [3.8, 4) is 0 Å². The van der Waals surface area contributed by atoms with Crippen molar-refractivity contribution in [1.82, 2.24) is 15.2 Å². The molecule has 1 N–H and O–H groups in total. The Morgan fingerprint density at radius 3 is 2.33 bits per heavy atom. The number of nitrogens with zero attached hydrogens (tertiary/aromatic N) is 2. The van der Waals surface area contributed by atoms with Crippen LogP contribution in [0.15, 0.2) is 47.2 Å². The van der Waals surface area contributed by atoms with Crippen LogP contribution in [0.2, 0.25) is 0 Å². The van der Waals surface area contributed by atoms with Crippen molar-refractivity contribution in [3.05, 3.63) is 54.2 Å². The highest BCUT2D eigenvalue weighted by Crippen LogP contribution is 2.17. The summed E-state index contributed by atoms with van der Waals surface area (Å²) >= 11 is 0. The van der Waals surface area contributed by atoms with Crippen molar-refractivity contribution in [2.75, 3.05) is 37.8 Å². The van der Waals surface area contributed by atoms with Crippen LogP contribution in [-0.2, 0) is 30.6 Å². The molecule has 2 amide bonds. The maximum absolute atomic E-state index is 13.5. The van der Waals surface area contributed by atoms with Gasteiger partial charge < -0.3 is 19.4 Å². The molecule has 40 heavy (non-hydrogen) atoms. The zero-order valence-electron chi connectivity index (χ0n) is 24.0. The predicted octanol–water partition coefficient (Wildman–Crippen LogP) is 3.33. The Balaban J connectivity index is 0.00000274. The topological polar surface area (TPSA) is 136 Å². The number of amides is 2. The van der Waals surface area contributed by atoms with E-state index in [1.807, 2.05) is 58.0 Å². The molecule has 0 radical (unpaired) electrons. The first-order valence-corrected chi connectivity index (χ1v) is 15.8. The first kappa shape index (κ1) is 33.2. The minimum atomic E-state index is -3.41. The van der Waals surface area contributed by atoms with Crippen LogP contribution in [0.5, 0.6) is 0 Å². The van der Waals surface area contributed by atoms with E-state index in [-0.39, 0.29) is 48.5 Å². The Morgan fingerprint density at radius 1 is 1.05 bits per heavy atom. The molecule has 3 rings (SSSR count). The Bertz CT molecular complexity index is 1150. The molecule has 2 heterocycles. The molecule has 1 aliphatic rings. The van der Waals surface area contributed by atoms with Crippen LogP contribution in [0, 0.1) is 11.8 Å². The highest BCUT2D eigenvalue weighted by Gasteiger charge is 2.32. The summed E-state index contributed by atoms with van der Waals surface area (Å²) in [5.41, 5.74) is 0.991. The number of oxazole rings is 1. The van der Waals surface area contributed by atoms with Gasteiger partial charge in [0.1, 0.15) is 6.26 Å². The van der Waals surface area contributed by atoms with Gasteiger partial charge in [-0.1, -0.05) is 58.0 Å². The van der Waals surface area contributed by atoms with Gasteiger partial charge in [0.05, 0.1) is 37.0 Å². The standard InChI is InChI=1S/C27H37N3O7S.C2H6/c1-20(2)19-38(34,35)17-10-22(18-24(31)30-12-15-36-16-13-30)26(33)29-23(25(32)27-28-11-14-37-27)9-8-21-6-4-3-5-7-21;1-2/h3-7,11,14,20,22-23H,8-10,12-13,15-19H2,1-2H3,(H,29,33);1-2H3/t22?,23-;/m0./s1. The molecule has 2 aromatic rings. The maximum Gasteiger partial charge on any atom is 0.265 e. The van der Waals surface area contributed by atoms with Crippen LogP contribution in [0.3, 0.4) is 0 Å². The monoisotopic (exact) mass is 577 g/mol. The number of sulfone groups is 1. The van der Waals surface area contributed by atoms with Gasteiger partial charge in [0, 0.05) is 25.4 Å². The lowest BCUT2D eigenvalue weighted by atomic mass is 9.97. The summed E-state index contributed by atoms with van der Waals surface area (Å²) in [7, 11) is -3.41. The molecule has 1 fully saturated rings. The molecule has 1 unspecified atom stereocenters. The van der Waals surface area contributed by atoms with Gasteiger partial charge in [-0.25, -0.2) is 13.4 Å². The molecule has 0 bridgehead atoms. The number of ketones is 1. The van der Waals surface area contributed by atoms with E-state index in [0.717, 1.165) is 5.56 Å². The summed E-state index contributed by atoms with van der Waals surface area (Å²) in [6.07, 6.45) is 3.27. The van der Waals surface area contributed by atoms with Crippen molar-refractivity contribution in [2.45, 2.75) is 59.4 Å². The third kappa shape index (κ3) is 11.2. The van der Waals surface area contributed by atoms with Gasteiger partial charge >= 0.3 is 0 Å². The van der Waals surface area contributed by atoms with Crippen LogP contribution < -0.4 is 5.32 Å². The van der Waals surface area contributed by atoms with E-state index in [1.165, 1.54) is 12.5 Å². The molecule has 0 aliphatic carbocycles. The number of ether oxygens (including phenoxy) is 1. The number of Topliss-reactive ketones (excluding diaryl/α,β-unsaturated/α-hetero) is 1. The van der Waals surface area contributed by atoms with E-state index < -0.39 is 33.5 Å². The summed E-state index contributed by atoms with van der Waals surface area (Å²) < 4.78 is 35.6. The van der Waals surface area contributed by atoms with E-state index in [0.29, 0.717) is 32.7 Å². The number of hydrogen-bond donors (Lipinski definition) is 1. The number of rotatable bonds is 14.